The molecule has 1 fully saturated rings. The van der Waals surface area contributed by atoms with Gasteiger partial charge in [-0.05, 0) is 94.7 Å². The number of hydrogen-bond acceptors (Lipinski definition) is 8. The highest BCUT2D eigenvalue weighted by molar-refractivity contribution is 7.89. The van der Waals surface area contributed by atoms with E-state index in [9.17, 15) is 13.5 Å². The smallest absolute Gasteiger partial charge is 0.240 e. The van der Waals surface area contributed by atoms with Gasteiger partial charge in [-0.2, -0.15) is 5.10 Å². The summed E-state index contributed by atoms with van der Waals surface area (Å²) in [7, 11) is -3.59. The summed E-state index contributed by atoms with van der Waals surface area (Å²) in [6.07, 6.45) is 6.99. The molecule has 1 aliphatic rings. The topological polar surface area (TPSA) is 134 Å². The Morgan fingerprint density at radius 1 is 1.02 bits per heavy atom. The first kappa shape index (κ1) is 28.2. The third-order valence-corrected chi connectivity index (χ3v) is 9.17. The molecule has 5 aromatic rings. The summed E-state index contributed by atoms with van der Waals surface area (Å²) in [5, 5.41) is 24.3. The summed E-state index contributed by atoms with van der Waals surface area (Å²) in [5.74, 6) is 0.622. The second kappa shape index (κ2) is 11.1. The Balaban J connectivity index is 1.27. The van der Waals surface area contributed by atoms with Crippen molar-refractivity contribution in [2.75, 3.05) is 18.4 Å². The minimum atomic E-state index is -3.59. The zero-order chi connectivity index (χ0) is 29.5. The number of piperidine rings is 1. The molecule has 1 saturated heterocycles. The number of anilines is 2. The Bertz CT molecular complexity index is 1860. The van der Waals surface area contributed by atoms with E-state index in [-0.39, 0.29) is 10.9 Å². The summed E-state index contributed by atoms with van der Waals surface area (Å²) in [6.45, 7) is 7.62. The van der Waals surface area contributed by atoms with Gasteiger partial charge in [0, 0.05) is 45.8 Å². The van der Waals surface area contributed by atoms with Gasteiger partial charge < -0.3 is 15.7 Å². The summed E-state index contributed by atoms with van der Waals surface area (Å²) in [6, 6.07) is 14.6. The van der Waals surface area contributed by atoms with Gasteiger partial charge in [-0.3, -0.25) is 9.67 Å². The van der Waals surface area contributed by atoms with E-state index in [1.165, 1.54) is 0 Å². The number of fused-ring (bicyclic) bond motifs is 2. The number of pyridine rings is 2. The van der Waals surface area contributed by atoms with E-state index < -0.39 is 15.6 Å². The molecular formula is C31H35N7O3S. The van der Waals surface area contributed by atoms with E-state index in [1.807, 2.05) is 35.1 Å². The monoisotopic (exact) mass is 585 g/mol. The number of rotatable bonds is 8. The van der Waals surface area contributed by atoms with Crippen molar-refractivity contribution in [1.82, 2.24) is 29.8 Å². The highest BCUT2D eigenvalue weighted by atomic mass is 32.2. The second-order valence-corrected chi connectivity index (χ2v) is 13.2. The number of aryl methyl sites for hydroxylation is 1. The molecule has 0 unspecified atom stereocenters. The van der Waals surface area contributed by atoms with Crippen molar-refractivity contribution in [3.63, 3.8) is 0 Å². The molecule has 3 aromatic heterocycles. The van der Waals surface area contributed by atoms with Crippen LogP contribution in [0.1, 0.15) is 32.3 Å². The molecule has 0 spiro atoms. The van der Waals surface area contributed by atoms with Crippen LogP contribution < -0.4 is 15.4 Å². The molecule has 0 bridgehead atoms. The largest absolute Gasteiger partial charge is 0.389 e. The summed E-state index contributed by atoms with van der Waals surface area (Å²) >= 11 is 0. The molecule has 0 aliphatic carbocycles. The van der Waals surface area contributed by atoms with Gasteiger partial charge >= 0.3 is 0 Å². The van der Waals surface area contributed by atoms with E-state index in [2.05, 4.69) is 32.4 Å². The molecule has 1 aliphatic heterocycles. The van der Waals surface area contributed by atoms with E-state index in [0.29, 0.717) is 12.4 Å². The zero-order valence-corrected chi connectivity index (χ0v) is 24.7. The second-order valence-electron chi connectivity index (χ2n) is 11.5. The average molecular weight is 586 g/mol. The maximum absolute atomic E-state index is 12.9. The zero-order valence-electron chi connectivity index (χ0n) is 23.9. The molecule has 11 heteroatoms. The number of hydrogen-bond donors (Lipinski definition) is 4. The minimum Gasteiger partial charge on any atom is -0.389 e. The van der Waals surface area contributed by atoms with Gasteiger partial charge in [-0.25, -0.2) is 18.1 Å². The standard InChI is InChI=1S/C31H35N7O3S/c1-20-25(8-9-28-27(20)18-35-38(28)19-31(2,3)39)30-26-16-29(34-17-21(26)10-15-33-30)36-22-4-6-24(7-5-22)42(40,41)37-23-11-13-32-14-12-23/h4-10,15-18,23,32,37,39H,11-14,19H2,1-3H3,(H,34,36). The van der Waals surface area contributed by atoms with Crippen LogP contribution in [0, 0.1) is 6.92 Å². The molecule has 10 nitrogen and oxygen atoms in total. The quantitative estimate of drug-likeness (QED) is 0.209. The lowest BCUT2D eigenvalue weighted by molar-refractivity contribution is 0.0591. The predicted octanol–water partition coefficient (Wildman–Crippen LogP) is 4.50. The van der Waals surface area contributed by atoms with E-state index in [0.717, 1.165) is 70.1 Å². The third kappa shape index (κ3) is 5.86. The van der Waals surface area contributed by atoms with Crippen LogP contribution in [-0.4, -0.2) is 58.0 Å². The van der Waals surface area contributed by atoms with Crippen LogP contribution in [0.3, 0.4) is 0 Å². The maximum atomic E-state index is 12.9. The van der Waals surface area contributed by atoms with Gasteiger partial charge in [0.05, 0.1) is 34.4 Å². The Kier molecular flexibility index (Phi) is 7.44. The molecule has 0 amide bonds. The van der Waals surface area contributed by atoms with Crippen LogP contribution in [0.5, 0.6) is 0 Å². The first-order valence-electron chi connectivity index (χ1n) is 14.1. The molecule has 4 N–H and O–H groups in total. The molecule has 42 heavy (non-hydrogen) atoms. The lowest BCUT2D eigenvalue weighted by atomic mass is 9.98. The minimum absolute atomic E-state index is 0.0492. The molecule has 2 aromatic carbocycles. The number of nitrogens with one attached hydrogen (secondary N) is 3. The van der Waals surface area contributed by atoms with Gasteiger partial charge in [-0.1, -0.05) is 6.07 Å². The SMILES string of the molecule is Cc1c(-c2nccc3cnc(Nc4ccc(S(=O)(=O)NC5CCNCC5)cc4)cc23)ccc2c1cnn2CC(C)(C)O. The lowest BCUT2D eigenvalue weighted by Crippen LogP contribution is -2.42. The molecule has 0 saturated carbocycles. The van der Waals surface area contributed by atoms with Crippen molar-refractivity contribution in [3.8, 4) is 11.3 Å². The molecular weight excluding hydrogens is 550 g/mol. The number of nitrogens with zero attached hydrogens (tertiary/aromatic N) is 4. The van der Waals surface area contributed by atoms with Gasteiger partial charge in [0.15, 0.2) is 0 Å². The number of aliphatic hydroxyl groups is 1. The summed E-state index contributed by atoms with van der Waals surface area (Å²) in [4.78, 5) is 9.57. The Labute approximate surface area is 245 Å². The van der Waals surface area contributed by atoms with Gasteiger partial charge in [0.25, 0.3) is 0 Å². The van der Waals surface area contributed by atoms with Gasteiger partial charge in [-0.15, -0.1) is 0 Å². The normalized spacial score (nSPS) is 15.0. The Hall–Kier alpha value is -3.90. The molecule has 0 atom stereocenters. The Morgan fingerprint density at radius 3 is 2.52 bits per heavy atom. The highest BCUT2D eigenvalue weighted by Crippen LogP contribution is 2.34. The van der Waals surface area contributed by atoms with Crippen LogP contribution in [0.4, 0.5) is 11.5 Å². The van der Waals surface area contributed by atoms with Crippen molar-refractivity contribution >= 4 is 43.2 Å². The fourth-order valence-corrected chi connectivity index (χ4v) is 6.79. The van der Waals surface area contributed by atoms with E-state index >= 15 is 0 Å². The molecule has 0 radical (unpaired) electrons. The third-order valence-electron chi connectivity index (χ3n) is 7.63. The predicted molar refractivity (Wildman–Crippen MR) is 165 cm³/mol. The summed E-state index contributed by atoms with van der Waals surface area (Å²) in [5.41, 5.74) is 3.68. The van der Waals surface area contributed by atoms with Gasteiger partial charge in [0.1, 0.15) is 5.82 Å². The first-order valence-corrected chi connectivity index (χ1v) is 15.6. The lowest BCUT2D eigenvalue weighted by Gasteiger charge is -2.23. The van der Waals surface area contributed by atoms with Crippen LogP contribution in [0.15, 0.2) is 72.0 Å². The fourth-order valence-electron chi connectivity index (χ4n) is 5.48. The van der Waals surface area contributed by atoms with E-state index in [1.54, 1.807) is 50.5 Å². The number of aromatic nitrogens is 4. The average Bonchev–Trinajstić information content (AvgIpc) is 3.35. The molecule has 218 valence electrons. The van der Waals surface area contributed by atoms with Crippen LogP contribution in [-0.2, 0) is 16.6 Å². The van der Waals surface area contributed by atoms with Crippen molar-refractivity contribution in [2.45, 2.75) is 56.7 Å². The van der Waals surface area contributed by atoms with Crippen molar-refractivity contribution in [1.29, 1.82) is 0 Å². The van der Waals surface area contributed by atoms with Crippen LogP contribution >= 0.6 is 0 Å². The van der Waals surface area contributed by atoms with Gasteiger partial charge in [0.2, 0.25) is 10.0 Å². The number of benzene rings is 2. The number of sulfonamides is 1. The first-order chi connectivity index (χ1) is 20.1. The molecule has 4 heterocycles. The maximum Gasteiger partial charge on any atom is 0.240 e. The van der Waals surface area contributed by atoms with Crippen LogP contribution in [0.25, 0.3) is 32.9 Å². The summed E-state index contributed by atoms with van der Waals surface area (Å²) < 4.78 is 30.4. The van der Waals surface area contributed by atoms with Crippen molar-refractivity contribution in [2.24, 2.45) is 0 Å². The van der Waals surface area contributed by atoms with E-state index in [4.69, 9.17) is 4.98 Å². The fraction of sp³-hybridized carbons (Fsp3) is 0.323. The Morgan fingerprint density at radius 2 is 1.79 bits per heavy atom. The van der Waals surface area contributed by atoms with Crippen molar-refractivity contribution in [3.05, 3.63) is 72.7 Å². The van der Waals surface area contributed by atoms with Crippen LogP contribution in [0.2, 0.25) is 0 Å². The van der Waals surface area contributed by atoms with Crippen molar-refractivity contribution < 1.29 is 13.5 Å². The highest BCUT2D eigenvalue weighted by Gasteiger charge is 2.22. The molecule has 6 rings (SSSR count).